The molecule has 1 amide bonds. The van der Waals surface area contributed by atoms with Crippen molar-refractivity contribution in [2.24, 2.45) is 0 Å². The summed E-state index contributed by atoms with van der Waals surface area (Å²) in [6.45, 7) is 6.70. The predicted molar refractivity (Wildman–Crippen MR) is 142 cm³/mol. The molecule has 0 radical (unpaired) electrons. The Morgan fingerprint density at radius 3 is 2.64 bits per heavy atom. The van der Waals surface area contributed by atoms with Crippen molar-refractivity contribution in [3.05, 3.63) is 89.1 Å². The highest BCUT2D eigenvalue weighted by Gasteiger charge is 2.24. The van der Waals surface area contributed by atoms with E-state index in [1.54, 1.807) is 34.0 Å². The summed E-state index contributed by atoms with van der Waals surface area (Å²) >= 11 is 0. The van der Waals surface area contributed by atoms with Gasteiger partial charge in [0.2, 0.25) is 0 Å². The van der Waals surface area contributed by atoms with Crippen LogP contribution in [0.3, 0.4) is 0 Å². The first kappa shape index (κ1) is 23.4. The number of benzene rings is 1. The number of fused-ring (bicyclic) bond motifs is 1. The number of H-pyrrole nitrogens is 1. The zero-order chi connectivity index (χ0) is 25.3. The van der Waals surface area contributed by atoms with E-state index in [2.05, 4.69) is 27.4 Å². The largest absolute Gasteiger partial charge is 0.444 e. The van der Waals surface area contributed by atoms with Crippen molar-refractivity contribution in [1.82, 2.24) is 19.4 Å². The molecule has 184 valence electrons. The Kier molecular flexibility index (Phi) is 6.10. The van der Waals surface area contributed by atoms with Gasteiger partial charge in [0, 0.05) is 48.3 Å². The van der Waals surface area contributed by atoms with Crippen LogP contribution in [0.25, 0.3) is 22.3 Å². The molecule has 5 rings (SSSR count). The van der Waals surface area contributed by atoms with Crippen molar-refractivity contribution in [3.8, 4) is 5.69 Å². The van der Waals surface area contributed by atoms with Crippen molar-refractivity contribution in [1.29, 1.82) is 0 Å². The van der Waals surface area contributed by atoms with E-state index < -0.39 is 5.60 Å². The summed E-state index contributed by atoms with van der Waals surface area (Å²) in [5, 5.41) is 4.38. The van der Waals surface area contributed by atoms with Gasteiger partial charge < -0.3 is 19.9 Å². The van der Waals surface area contributed by atoms with Gasteiger partial charge in [-0.25, -0.2) is 9.78 Å². The van der Waals surface area contributed by atoms with Crippen molar-refractivity contribution in [3.63, 3.8) is 0 Å². The molecule has 0 saturated carbocycles. The van der Waals surface area contributed by atoms with Crippen LogP contribution in [-0.4, -0.2) is 44.2 Å². The van der Waals surface area contributed by atoms with Gasteiger partial charge in [-0.3, -0.25) is 9.36 Å². The molecule has 0 unspecified atom stereocenters. The lowest BCUT2D eigenvalue weighted by Crippen LogP contribution is -2.39. The fourth-order valence-corrected chi connectivity index (χ4v) is 4.22. The molecule has 1 aromatic carbocycles. The number of carbonyl (C=O) groups is 1. The van der Waals surface area contributed by atoms with Gasteiger partial charge in [0.05, 0.1) is 11.4 Å². The maximum absolute atomic E-state index is 12.4. The van der Waals surface area contributed by atoms with Crippen LogP contribution < -0.4 is 10.9 Å². The van der Waals surface area contributed by atoms with E-state index in [1.165, 1.54) is 0 Å². The third-order valence-corrected chi connectivity index (χ3v) is 5.96. The highest BCUT2D eigenvalue weighted by Crippen LogP contribution is 2.30. The maximum Gasteiger partial charge on any atom is 0.410 e. The number of aromatic amines is 1. The molecule has 0 atom stereocenters. The molecule has 1 aliphatic rings. The van der Waals surface area contributed by atoms with Crippen molar-refractivity contribution < 1.29 is 9.53 Å². The number of nitrogens with one attached hydrogen (secondary N) is 2. The standard InChI is InChI=1S/C28H29N5O3/c1-28(2,3)36-27(35)32-15-12-19(13-16-32)24-17-22-23(11-14-29-26(22)31-24)30-20-9-10-25(34)33(18-20)21-7-5-4-6-8-21/h4-12,14,17-18H,13,15-16H2,1-3H3,(H2,29,30,31). The summed E-state index contributed by atoms with van der Waals surface area (Å²) in [6, 6.07) is 16.8. The van der Waals surface area contributed by atoms with Crippen LogP contribution in [0.2, 0.25) is 0 Å². The summed E-state index contributed by atoms with van der Waals surface area (Å²) in [6.07, 6.45) is 6.03. The van der Waals surface area contributed by atoms with Gasteiger partial charge in [-0.2, -0.15) is 0 Å². The first-order valence-electron chi connectivity index (χ1n) is 12.0. The Balaban J connectivity index is 1.38. The van der Waals surface area contributed by atoms with E-state index in [1.807, 2.05) is 57.2 Å². The molecule has 3 aromatic heterocycles. The number of carbonyl (C=O) groups excluding carboxylic acids is 1. The normalized spacial score (nSPS) is 14.0. The highest BCUT2D eigenvalue weighted by atomic mass is 16.6. The highest BCUT2D eigenvalue weighted by molar-refractivity contribution is 5.94. The Hall–Kier alpha value is -4.33. The van der Waals surface area contributed by atoms with Crippen LogP contribution in [0.5, 0.6) is 0 Å². The number of hydrogen-bond acceptors (Lipinski definition) is 5. The molecule has 0 bridgehead atoms. The van der Waals surface area contributed by atoms with Crippen LogP contribution in [-0.2, 0) is 4.74 Å². The monoisotopic (exact) mass is 483 g/mol. The zero-order valence-corrected chi connectivity index (χ0v) is 20.6. The fraction of sp³-hybridized carbons (Fsp3) is 0.250. The van der Waals surface area contributed by atoms with Crippen molar-refractivity contribution >= 4 is 34.1 Å². The summed E-state index contributed by atoms with van der Waals surface area (Å²) < 4.78 is 7.11. The van der Waals surface area contributed by atoms with E-state index in [4.69, 9.17) is 4.74 Å². The minimum Gasteiger partial charge on any atom is -0.444 e. The van der Waals surface area contributed by atoms with Gasteiger partial charge in [-0.15, -0.1) is 0 Å². The van der Waals surface area contributed by atoms with Crippen LogP contribution in [0.15, 0.2) is 77.9 Å². The molecular formula is C28H29N5O3. The topological polar surface area (TPSA) is 92.2 Å². The molecule has 4 heterocycles. The quantitative estimate of drug-likeness (QED) is 0.401. The smallest absolute Gasteiger partial charge is 0.410 e. The van der Waals surface area contributed by atoms with E-state index in [-0.39, 0.29) is 11.7 Å². The molecule has 8 heteroatoms. The second-order valence-electron chi connectivity index (χ2n) is 9.80. The number of aromatic nitrogens is 3. The molecule has 0 aliphatic carbocycles. The molecule has 36 heavy (non-hydrogen) atoms. The lowest BCUT2D eigenvalue weighted by Gasteiger charge is -2.29. The van der Waals surface area contributed by atoms with Crippen molar-refractivity contribution in [2.45, 2.75) is 32.8 Å². The number of anilines is 2. The van der Waals surface area contributed by atoms with Gasteiger partial charge in [0.15, 0.2) is 0 Å². The summed E-state index contributed by atoms with van der Waals surface area (Å²) in [4.78, 5) is 34.4. The van der Waals surface area contributed by atoms with Crippen LogP contribution in [0.1, 0.15) is 32.9 Å². The lowest BCUT2D eigenvalue weighted by molar-refractivity contribution is 0.0270. The van der Waals surface area contributed by atoms with Gasteiger partial charge in [0.25, 0.3) is 5.56 Å². The molecule has 1 aliphatic heterocycles. The Morgan fingerprint density at radius 1 is 1.11 bits per heavy atom. The van der Waals surface area contributed by atoms with E-state index in [9.17, 15) is 9.59 Å². The Labute approximate surface area is 209 Å². The Bertz CT molecular complexity index is 1500. The van der Waals surface area contributed by atoms with E-state index in [0.717, 1.165) is 45.8 Å². The average Bonchev–Trinajstić information content (AvgIpc) is 3.30. The molecule has 2 N–H and O–H groups in total. The second kappa shape index (κ2) is 9.37. The lowest BCUT2D eigenvalue weighted by atomic mass is 10.0. The van der Waals surface area contributed by atoms with Gasteiger partial charge in [-0.1, -0.05) is 24.3 Å². The second-order valence-corrected chi connectivity index (χ2v) is 9.80. The molecule has 0 fully saturated rings. The molecule has 4 aromatic rings. The van der Waals surface area contributed by atoms with Gasteiger partial charge in [-0.05, 0) is 63.1 Å². The number of amides is 1. The first-order chi connectivity index (χ1) is 17.3. The zero-order valence-electron chi connectivity index (χ0n) is 20.6. The number of rotatable bonds is 4. The minimum absolute atomic E-state index is 0.0970. The molecule has 0 spiro atoms. The number of pyridine rings is 2. The van der Waals surface area contributed by atoms with Crippen LogP contribution >= 0.6 is 0 Å². The number of ether oxygens (including phenoxy) is 1. The summed E-state index contributed by atoms with van der Waals surface area (Å²) in [5.41, 5.74) is 4.75. The molecular weight excluding hydrogens is 454 g/mol. The van der Waals surface area contributed by atoms with Gasteiger partial charge in [0.1, 0.15) is 11.2 Å². The first-order valence-corrected chi connectivity index (χ1v) is 12.0. The number of nitrogens with zero attached hydrogens (tertiary/aromatic N) is 3. The van der Waals surface area contributed by atoms with E-state index in [0.29, 0.717) is 13.1 Å². The van der Waals surface area contributed by atoms with Gasteiger partial charge >= 0.3 is 6.09 Å². The maximum atomic E-state index is 12.4. The summed E-state index contributed by atoms with van der Waals surface area (Å²) in [7, 11) is 0. The van der Waals surface area contributed by atoms with Crippen LogP contribution in [0, 0.1) is 0 Å². The van der Waals surface area contributed by atoms with E-state index >= 15 is 0 Å². The molecule has 0 saturated heterocycles. The third-order valence-electron chi connectivity index (χ3n) is 5.96. The average molecular weight is 484 g/mol. The number of para-hydroxylation sites is 1. The van der Waals surface area contributed by atoms with Crippen LogP contribution in [0.4, 0.5) is 16.2 Å². The fourth-order valence-electron chi connectivity index (χ4n) is 4.22. The predicted octanol–water partition coefficient (Wildman–Crippen LogP) is 5.48. The summed E-state index contributed by atoms with van der Waals surface area (Å²) in [5.74, 6) is 0. The minimum atomic E-state index is -0.512. The third kappa shape index (κ3) is 5.02. The number of hydrogen-bond donors (Lipinski definition) is 2. The molecule has 8 nitrogen and oxygen atoms in total. The Morgan fingerprint density at radius 2 is 1.92 bits per heavy atom. The SMILES string of the molecule is CC(C)(C)OC(=O)N1CC=C(c2cc3c(Nc4ccc(=O)n(-c5ccccc5)c4)ccnc3[nH]2)CC1. The van der Waals surface area contributed by atoms with Crippen molar-refractivity contribution in [2.75, 3.05) is 18.4 Å².